The molecule has 0 aromatic heterocycles. The number of carboxylic acid groups (broad SMARTS) is 1. The van der Waals surface area contributed by atoms with Gasteiger partial charge in [0.15, 0.2) is 6.10 Å². The van der Waals surface area contributed by atoms with E-state index < -0.39 is 24.3 Å². The second kappa shape index (κ2) is 69.8. The lowest BCUT2D eigenvalue weighted by atomic mass is 10.1. The van der Waals surface area contributed by atoms with E-state index in [9.17, 15) is 19.5 Å². The van der Waals surface area contributed by atoms with Crippen LogP contribution in [-0.4, -0.2) is 87.4 Å². The minimum absolute atomic E-state index is 0.170. The molecule has 0 fully saturated rings. The maximum atomic E-state index is 13.0. The SMILES string of the molecule is CC/C=C\C/C=C\C/C=C\C/C=C\C/C=C\C/C=C\C/C=C\C/C=C\C/C=C\CCCCCCCCCC(=O)OC(COC(=O)CCCCCCCC/C=C\C/C=C\C/C=C\C/C=C\C/C=C\C/C=C\C/C=C\C/C=C\CC)COC(OCC[N+](C)(C)C)C(=O)O. The number of ether oxygens (including phenoxy) is 4. The highest BCUT2D eigenvalue weighted by molar-refractivity contribution is 5.71. The third-order valence-electron chi connectivity index (χ3n) is 14.0. The van der Waals surface area contributed by atoms with Crippen molar-refractivity contribution in [2.45, 2.75) is 245 Å². The fourth-order valence-corrected chi connectivity index (χ4v) is 8.73. The fourth-order valence-electron chi connectivity index (χ4n) is 8.73. The number of nitrogens with zero attached hydrogens (tertiary/aromatic N) is 1. The van der Waals surface area contributed by atoms with Crippen LogP contribution in [-0.2, 0) is 33.3 Å². The lowest BCUT2D eigenvalue weighted by molar-refractivity contribution is -0.870. The first-order valence-electron chi connectivity index (χ1n) is 35.2. The minimum atomic E-state index is -1.53. The highest BCUT2D eigenvalue weighted by Crippen LogP contribution is 2.14. The van der Waals surface area contributed by atoms with Gasteiger partial charge in [-0.3, -0.25) is 9.59 Å². The van der Waals surface area contributed by atoms with E-state index in [0.717, 1.165) is 173 Å². The summed E-state index contributed by atoms with van der Waals surface area (Å²) < 4.78 is 22.9. The van der Waals surface area contributed by atoms with Crippen molar-refractivity contribution in [1.29, 1.82) is 0 Å². The summed E-state index contributed by atoms with van der Waals surface area (Å²) >= 11 is 0. The third-order valence-corrected chi connectivity index (χ3v) is 14.0. The molecule has 0 aromatic rings. The molecule has 0 aliphatic rings. The molecule has 0 bridgehead atoms. The van der Waals surface area contributed by atoms with Crippen LogP contribution in [0.4, 0.5) is 0 Å². The van der Waals surface area contributed by atoms with E-state index in [4.69, 9.17) is 18.9 Å². The Bertz CT molecular complexity index is 2250. The molecule has 9 heteroatoms. The van der Waals surface area contributed by atoms with E-state index in [1.807, 2.05) is 21.1 Å². The number of carbonyl (C=O) groups is 3. The molecule has 91 heavy (non-hydrogen) atoms. The smallest absolute Gasteiger partial charge is 0.361 e. The number of quaternary nitrogens is 1. The summed E-state index contributed by atoms with van der Waals surface area (Å²) in [5, 5.41) is 9.75. The minimum Gasteiger partial charge on any atom is -0.477 e. The summed E-state index contributed by atoms with van der Waals surface area (Å²) in [6.45, 7) is 4.59. The van der Waals surface area contributed by atoms with Crippen molar-refractivity contribution in [3.63, 3.8) is 0 Å². The third kappa shape index (κ3) is 71.2. The molecule has 0 saturated carbocycles. The van der Waals surface area contributed by atoms with E-state index in [0.29, 0.717) is 23.9 Å². The van der Waals surface area contributed by atoms with E-state index in [1.165, 1.54) is 19.3 Å². The number of esters is 2. The Labute approximate surface area is 556 Å². The van der Waals surface area contributed by atoms with Gasteiger partial charge >= 0.3 is 17.9 Å². The van der Waals surface area contributed by atoms with Crippen LogP contribution < -0.4 is 0 Å². The van der Waals surface area contributed by atoms with Crippen LogP contribution in [0.2, 0.25) is 0 Å². The van der Waals surface area contributed by atoms with Crippen molar-refractivity contribution < 1.29 is 42.9 Å². The molecule has 0 radical (unpaired) electrons. The molecule has 2 unspecified atom stereocenters. The van der Waals surface area contributed by atoms with Gasteiger partial charge in [0, 0.05) is 12.8 Å². The number of aliphatic carboxylic acids is 1. The Morgan fingerprint density at radius 2 is 0.593 bits per heavy atom. The molecule has 2 atom stereocenters. The Balaban J connectivity index is 4.28. The molecule has 1 N–H and O–H groups in total. The van der Waals surface area contributed by atoms with Crippen molar-refractivity contribution in [2.24, 2.45) is 0 Å². The second-order valence-corrected chi connectivity index (χ2v) is 23.7. The van der Waals surface area contributed by atoms with Gasteiger partial charge in [0.2, 0.25) is 0 Å². The molecule has 0 spiro atoms. The first-order chi connectivity index (χ1) is 44.6. The highest BCUT2D eigenvalue weighted by Gasteiger charge is 2.25. The normalized spacial score (nSPS) is 14.0. The van der Waals surface area contributed by atoms with E-state index in [-0.39, 0.29) is 38.6 Å². The van der Waals surface area contributed by atoms with Crippen molar-refractivity contribution >= 4 is 17.9 Å². The van der Waals surface area contributed by atoms with E-state index in [1.54, 1.807) is 0 Å². The van der Waals surface area contributed by atoms with Gasteiger partial charge in [-0.1, -0.05) is 278 Å². The first kappa shape index (κ1) is 84.9. The average Bonchev–Trinajstić information content (AvgIpc) is 3.46. The summed E-state index contributed by atoms with van der Waals surface area (Å²) in [5.41, 5.74) is 0. The average molecular weight is 1260 g/mol. The summed E-state index contributed by atoms with van der Waals surface area (Å²) in [7, 11) is 5.95. The van der Waals surface area contributed by atoms with Crippen LogP contribution in [0.3, 0.4) is 0 Å². The van der Waals surface area contributed by atoms with Gasteiger partial charge in [-0.05, 0) is 148 Å². The van der Waals surface area contributed by atoms with Crippen LogP contribution in [0, 0.1) is 0 Å². The second-order valence-electron chi connectivity index (χ2n) is 23.7. The Morgan fingerprint density at radius 1 is 0.330 bits per heavy atom. The molecule has 0 heterocycles. The molecular formula is C82H128NO8+. The monoisotopic (exact) mass is 1250 g/mol. The van der Waals surface area contributed by atoms with Crippen molar-refractivity contribution in [1.82, 2.24) is 0 Å². The standard InChI is InChI=1S/C82H127NO8/c1-6-8-10-12-14-16-18-20-22-24-26-28-30-32-34-36-38-39-40-41-43-45-47-49-51-53-55-57-59-61-63-65-67-69-71-73-80(85)91-78(77-90-82(81(86)87)88-75-74-83(3,4)5)76-89-79(84)72-70-68-66-64-62-60-58-56-54-52-50-48-46-44-42-37-35-33-31-29-27-25-23-21-19-17-15-13-11-9-7-2/h8-11,14-17,20-23,26-29,32-35,38-39,41-44,47-50,53-56,78,82H,6-7,12-13,18-19,24-25,30-31,36-37,40,45-46,51-52,57-77H2,1-5H3/p+1/b10-8-,11-9-,16-14-,17-15-,22-20-,23-21-,28-26-,29-27-,34-32-,35-33-,39-38-,43-41-,44-42-,49-47-,50-48-,55-53-,56-54-. The van der Waals surface area contributed by atoms with Crippen LogP contribution in [0.1, 0.15) is 232 Å². The zero-order valence-electron chi connectivity index (χ0n) is 57.9. The maximum Gasteiger partial charge on any atom is 0.361 e. The van der Waals surface area contributed by atoms with Gasteiger partial charge < -0.3 is 28.5 Å². The van der Waals surface area contributed by atoms with Crippen LogP contribution in [0.15, 0.2) is 207 Å². The Morgan fingerprint density at radius 3 is 0.879 bits per heavy atom. The number of carboxylic acids is 1. The van der Waals surface area contributed by atoms with Crippen LogP contribution in [0.25, 0.3) is 0 Å². The fraction of sp³-hybridized carbons (Fsp3) is 0.549. The number of rotatable bonds is 62. The number of allylic oxidation sites excluding steroid dienone is 34. The van der Waals surface area contributed by atoms with Gasteiger partial charge in [-0.2, -0.15) is 0 Å². The van der Waals surface area contributed by atoms with Gasteiger partial charge in [-0.25, -0.2) is 4.79 Å². The first-order valence-corrected chi connectivity index (χ1v) is 35.2. The maximum absolute atomic E-state index is 13.0. The number of likely N-dealkylation sites (N-methyl/N-ethyl adjacent to an activating group) is 1. The summed E-state index contributed by atoms with van der Waals surface area (Å²) in [5.74, 6) is -2.07. The molecule has 0 rings (SSSR count). The van der Waals surface area contributed by atoms with E-state index in [2.05, 4.69) is 220 Å². The highest BCUT2D eigenvalue weighted by atomic mass is 16.7. The molecule has 9 nitrogen and oxygen atoms in total. The number of unbranched alkanes of at least 4 members (excludes halogenated alkanes) is 13. The number of hydrogen-bond acceptors (Lipinski definition) is 7. The van der Waals surface area contributed by atoms with E-state index >= 15 is 0 Å². The molecular weight excluding hydrogens is 1130 g/mol. The van der Waals surface area contributed by atoms with Crippen molar-refractivity contribution in [2.75, 3.05) is 47.5 Å². The Hall–Kier alpha value is -6.13. The molecule has 0 aliphatic carbocycles. The van der Waals surface area contributed by atoms with Gasteiger partial charge in [-0.15, -0.1) is 0 Å². The molecule has 0 saturated heterocycles. The van der Waals surface area contributed by atoms with Gasteiger partial charge in [0.25, 0.3) is 6.29 Å². The van der Waals surface area contributed by atoms with Gasteiger partial charge in [0.05, 0.1) is 34.4 Å². The molecule has 0 aromatic carbocycles. The number of carbonyl (C=O) groups excluding carboxylic acids is 2. The van der Waals surface area contributed by atoms with Crippen LogP contribution >= 0.6 is 0 Å². The lowest BCUT2D eigenvalue weighted by Gasteiger charge is -2.25. The number of hydrogen-bond donors (Lipinski definition) is 1. The van der Waals surface area contributed by atoms with Crippen molar-refractivity contribution in [3.8, 4) is 0 Å². The predicted molar refractivity (Wildman–Crippen MR) is 391 cm³/mol. The zero-order chi connectivity index (χ0) is 66.1. The summed E-state index contributed by atoms with van der Waals surface area (Å²) in [4.78, 5) is 37.6. The largest absolute Gasteiger partial charge is 0.477 e. The lowest BCUT2D eigenvalue weighted by Crippen LogP contribution is -2.40. The Kier molecular flexibility index (Phi) is 65.1. The van der Waals surface area contributed by atoms with Crippen molar-refractivity contribution in [3.05, 3.63) is 207 Å². The predicted octanol–water partition coefficient (Wildman–Crippen LogP) is 22.4. The molecule has 0 aliphatic heterocycles. The quantitative estimate of drug-likeness (QED) is 0.0211. The zero-order valence-corrected chi connectivity index (χ0v) is 57.9. The topological polar surface area (TPSA) is 108 Å². The molecule has 508 valence electrons. The van der Waals surface area contributed by atoms with Gasteiger partial charge in [0.1, 0.15) is 13.2 Å². The van der Waals surface area contributed by atoms with Crippen LogP contribution in [0.5, 0.6) is 0 Å². The summed E-state index contributed by atoms with van der Waals surface area (Å²) in [6.07, 6.45) is 106. The summed E-state index contributed by atoms with van der Waals surface area (Å²) in [6, 6.07) is 0. The molecule has 0 amide bonds.